The zero-order valence-electron chi connectivity index (χ0n) is 15.7. The van der Waals surface area contributed by atoms with Crippen molar-refractivity contribution in [1.29, 1.82) is 5.26 Å². The number of pyridine rings is 1. The third-order valence-corrected chi connectivity index (χ3v) is 3.37. The molecule has 0 fully saturated rings. The molecule has 0 saturated carbocycles. The van der Waals surface area contributed by atoms with Crippen molar-refractivity contribution < 1.29 is 19.1 Å². The average molecular weight is 380 g/mol. The van der Waals surface area contributed by atoms with Gasteiger partial charge in [-0.1, -0.05) is 18.2 Å². The van der Waals surface area contributed by atoms with E-state index in [9.17, 15) is 19.6 Å². The Morgan fingerprint density at radius 3 is 2.36 bits per heavy atom. The van der Waals surface area contributed by atoms with Gasteiger partial charge in [0.1, 0.15) is 11.3 Å². The van der Waals surface area contributed by atoms with E-state index in [1.165, 1.54) is 18.3 Å². The van der Waals surface area contributed by atoms with Gasteiger partial charge in [-0.3, -0.25) is 19.9 Å². The highest BCUT2D eigenvalue weighted by Crippen LogP contribution is 2.19. The van der Waals surface area contributed by atoms with Crippen LogP contribution < -0.4 is 10.6 Å². The summed E-state index contributed by atoms with van der Waals surface area (Å²) in [6, 6.07) is 13.1. The number of nitrogens with zero attached hydrogens (tertiary/aromatic N) is 2. The van der Waals surface area contributed by atoms with Crippen molar-refractivity contribution in [2.24, 2.45) is 5.92 Å². The number of hydrogen-bond acceptors (Lipinski definition) is 6. The molecule has 2 N–H and O–H groups in total. The minimum atomic E-state index is -1.63. The standard InChI is InChI=1S/C20H20N4O4/c1-20(2,3)28-19(27)24-15-10-7-11-22-16(15)17(25)14(12-21)18(26)23-13-8-5-4-6-9-13/h4-11,14H,1-3H3,(H,23,26)(H,24,27). The van der Waals surface area contributed by atoms with Crippen molar-refractivity contribution in [3.63, 3.8) is 0 Å². The number of benzene rings is 1. The Labute approximate surface area is 162 Å². The first-order chi connectivity index (χ1) is 13.2. The highest BCUT2D eigenvalue weighted by Gasteiger charge is 2.31. The van der Waals surface area contributed by atoms with Crippen molar-refractivity contribution in [2.45, 2.75) is 26.4 Å². The summed E-state index contributed by atoms with van der Waals surface area (Å²) in [6.45, 7) is 5.09. The van der Waals surface area contributed by atoms with Crippen LogP contribution in [0.3, 0.4) is 0 Å². The zero-order chi connectivity index (χ0) is 20.7. The molecule has 8 nitrogen and oxygen atoms in total. The van der Waals surface area contributed by atoms with Gasteiger partial charge in [-0.05, 0) is 45.0 Å². The van der Waals surface area contributed by atoms with E-state index in [1.807, 2.05) is 0 Å². The van der Waals surface area contributed by atoms with Crippen molar-refractivity contribution >= 4 is 29.2 Å². The molecule has 2 rings (SSSR count). The molecule has 0 spiro atoms. The summed E-state index contributed by atoms with van der Waals surface area (Å²) in [4.78, 5) is 41.1. The van der Waals surface area contributed by atoms with Gasteiger partial charge in [0.05, 0.1) is 11.8 Å². The summed E-state index contributed by atoms with van der Waals surface area (Å²) in [5.41, 5.74) is -0.437. The number of carbonyl (C=O) groups is 3. The molecule has 0 aliphatic carbocycles. The summed E-state index contributed by atoms with van der Waals surface area (Å²) >= 11 is 0. The van der Waals surface area contributed by atoms with Gasteiger partial charge in [0.2, 0.25) is 11.7 Å². The minimum absolute atomic E-state index is 0.0505. The summed E-state index contributed by atoms with van der Waals surface area (Å²) in [6.07, 6.45) is 0.550. The van der Waals surface area contributed by atoms with Crippen LogP contribution >= 0.6 is 0 Å². The van der Waals surface area contributed by atoms with Crippen LogP contribution in [0.4, 0.5) is 16.2 Å². The topological polar surface area (TPSA) is 121 Å². The number of amides is 2. The molecular weight excluding hydrogens is 360 g/mol. The molecule has 0 saturated heterocycles. The van der Waals surface area contributed by atoms with Gasteiger partial charge in [0.15, 0.2) is 5.92 Å². The van der Waals surface area contributed by atoms with E-state index in [0.29, 0.717) is 5.69 Å². The molecule has 1 atom stereocenters. The summed E-state index contributed by atoms with van der Waals surface area (Å²) in [7, 11) is 0. The number of nitrogens with one attached hydrogen (secondary N) is 2. The Balaban J connectivity index is 2.21. The van der Waals surface area contributed by atoms with Crippen molar-refractivity contribution in [3.05, 3.63) is 54.4 Å². The molecule has 0 radical (unpaired) electrons. The number of nitriles is 1. The molecule has 144 valence electrons. The smallest absolute Gasteiger partial charge is 0.412 e. The molecule has 1 unspecified atom stereocenters. The lowest BCUT2D eigenvalue weighted by atomic mass is 10.0. The molecule has 2 aromatic rings. The van der Waals surface area contributed by atoms with Crippen LogP contribution in [0.2, 0.25) is 0 Å². The van der Waals surface area contributed by atoms with E-state index < -0.39 is 29.3 Å². The molecule has 1 aromatic heterocycles. The Morgan fingerprint density at radius 2 is 1.75 bits per heavy atom. The lowest BCUT2D eigenvalue weighted by Crippen LogP contribution is -2.31. The fourth-order valence-electron chi connectivity index (χ4n) is 2.23. The fourth-order valence-corrected chi connectivity index (χ4v) is 2.23. The SMILES string of the molecule is CC(C)(C)OC(=O)Nc1cccnc1C(=O)C(C#N)C(=O)Nc1ccccc1. The predicted molar refractivity (Wildman–Crippen MR) is 103 cm³/mol. The average Bonchev–Trinajstić information content (AvgIpc) is 2.62. The molecule has 0 aliphatic heterocycles. The normalized spacial score (nSPS) is 11.6. The van der Waals surface area contributed by atoms with Gasteiger partial charge in [-0.15, -0.1) is 0 Å². The second kappa shape index (κ2) is 8.77. The highest BCUT2D eigenvalue weighted by molar-refractivity contribution is 6.17. The van der Waals surface area contributed by atoms with E-state index in [1.54, 1.807) is 57.2 Å². The number of rotatable bonds is 5. The number of anilines is 2. The molecule has 28 heavy (non-hydrogen) atoms. The number of ether oxygens (including phenoxy) is 1. The first-order valence-electron chi connectivity index (χ1n) is 8.46. The van der Waals surface area contributed by atoms with Gasteiger partial charge in [0.25, 0.3) is 0 Å². The van der Waals surface area contributed by atoms with Crippen LogP contribution in [0.25, 0.3) is 0 Å². The second-order valence-corrected chi connectivity index (χ2v) is 6.81. The first kappa shape index (κ1) is 20.6. The Bertz CT molecular complexity index is 914. The van der Waals surface area contributed by atoms with Crippen LogP contribution in [0.15, 0.2) is 48.7 Å². The molecule has 8 heteroatoms. The fraction of sp³-hybridized carbons (Fsp3) is 0.250. The van der Waals surface area contributed by atoms with E-state index >= 15 is 0 Å². The monoisotopic (exact) mass is 380 g/mol. The van der Waals surface area contributed by atoms with Crippen molar-refractivity contribution in [3.8, 4) is 6.07 Å². The van der Waals surface area contributed by atoms with E-state index in [-0.39, 0.29) is 11.4 Å². The summed E-state index contributed by atoms with van der Waals surface area (Å²) in [5.74, 6) is -3.25. The molecule has 0 bridgehead atoms. The number of para-hydroxylation sites is 1. The maximum absolute atomic E-state index is 12.8. The summed E-state index contributed by atoms with van der Waals surface area (Å²) < 4.78 is 5.16. The maximum Gasteiger partial charge on any atom is 0.412 e. The van der Waals surface area contributed by atoms with Gasteiger partial charge >= 0.3 is 6.09 Å². The quantitative estimate of drug-likeness (QED) is 0.606. The van der Waals surface area contributed by atoms with Crippen LogP contribution in [-0.4, -0.2) is 28.4 Å². The van der Waals surface area contributed by atoms with E-state index in [4.69, 9.17) is 4.74 Å². The lowest BCUT2D eigenvalue weighted by Gasteiger charge is -2.20. The molecule has 0 aliphatic rings. The summed E-state index contributed by atoms with van der Waals surface area (Å²) in [5, 5.41) is 14.3. The van der Waals surface area contributed by atoms with Gasteiger partial charge < -0.3 is 10.1 Å². The lowest BCUT2D eigenvalue weighted by molar-refractivity contribution is -0.117. The largest absolute Gasteiger partial charge is 0.444 e. The highest BCUT2D eigenvalue weighted by atomic mass is 16.6. The van der Waals surface area contributed by atoms with Gasteiger partial charge in [-0.2, -0.15) is 5.26 Å². The van der Waals surface area contributed by atoms with Crippen molar-refractivity contribution in [1.82, 2.24) is 4.98 Å². The molecule has 1 aromatic carbocycles. The minimum Gasteiger partial charge on any atom is -0.444 e. The molecule has 1 heterocycles. The zero-order valence-corrected chi connectivity index (χ0v) is 15.7. The number of aromatic nitrogens is 1. The van der Waals surface area contributed by atoms with Crippen LogP contribution in [0, 0.1) is 17.2 Å². The van der Waals surface area contributed by atoms with E-state index in [2.05, 4.69) is 15.6 Å². The Kier molecular flexibility index (Phi) is 6.45. The third-order valence-electron chi connectivity index (χ3n) is 3.37. The number of Topliss-reactive ketones (excluding diaryl/α,β-unsaturated/α-hetero) is 1. The Hall–Kier alpha value is -3.73. The third kappa shape index (κ3) is 5.64. The number of ketones is 1. The Morgan fingerprint density at radius 1 is 1.07 bits per heavy atom. The predicted octanol–water partition coefficient (Wildman–Crippen LogP) is 3.39. The van der Waals surface area contributed by atoms with Gasteiger partial charge in [-0.25, -0.2) is 4.79 Å². The van der Waals surface area contributed by atoms with Crippen molar-refractivity contribution in [2.75, 3.05) is 10.6 Å². The molecular formula is C20H20N4O4. The second-order valence-electron chi connectivity index (χ2n) is 6.81. The van der Waals surface area contributed by atoms with Crippen LogP contribution in [0.5, 0.6) is 0 Å². The number of hydrogen-bond donors (Lipinski definition) is 2. The van der Waals surface area contributed by atoms with Gasteiger partial charge in [0, 0.05) is 11.9 Å². The maximum atomic E-state index is 12.8. The molecule has 2 amide bonds. The number of carbonyl (C=O) groups excluding carboxylic acids is 3. The van der Waals surface area contributed by atoms with E-state index in [0.717, 1.165) is 0 Å². The first-order valence-corrected chi connectivity index (χ1v) is 8.46. The van der Waals surface area contributed by atoms with Crippen LogP contribution in [0.1, 0.15) is 31.3 Å². The van der Waals surface area contributed by atoms with Crippen LogP contribution in [-0.2, 0) is 9.53 Å².